The van der Waals surface area contributed by atoms with Gasteiger partial charge < -0.3 is 10.2 Å². The van der Waals surface area contributed by atoms with Crippen LogP contribution in [0.15, 0.2) is 0 Å². The largest absolute Gasteiger partial charge is 0.308 e. The van der Waals surface area contributed by atoms with Crippen LogP contribution < -0.4 is 5.32 Å². The molecule has 2 heteroatoms. The third-order valence-electron chi connectivity index (χ3n) is 2.63. The predicted molar refractivity (Wildman–Crippen MR) is 64.8 cm³/mol. The zero-order valence-corrected chi connectivity index (χ0v) is 10.9. The summed E-state index contributed by atoms with van der Waals surface area (Å²) < 4.78 is 0. The minimum absolute atomic E-state index is 0.483. The molecule has 1 saturated carbocycles. The third kappa shape index (κ3) is 5.61. The van der Waals surface area contributed by atoms with Crippen molar-refractivity contribution in [2.45, 2.75) is 58.5 Å². The van der Waals surface area contributed by atoms with E-state index in [-0.39, 0.29) is 0 Å². The van der Waals surface area contributed by atoms with Gasteiger partial charge in [0.2, 0.25) is 0 Å². The molecular weight excluding hydrogens is 172 g/mol. The molecule has 0 spiro atoms. The standard InChI is InChI=1S/C10H22N2.C2H6/c1-5-9(8-12(3)4)11-10(2)6-7-10;1-2/h9,11H,5-8H2,1-4H3;1-2H3. The molecule has 0 aromatic rings. The van der Waals surface area contributed by atoms with E-state index in [2.05, 4.69) is 38.2 Å². The van der Waals surface area contributed by atoms with Crippen LogP contribution in [0.2, 0.25) is 0 Å². The molecule has 2 nitrogen and oxygen atoms in total. The normalized spacial score (nSPS) is 19.9. The Bertz CT molecular complexity index is 139. The number of rotatable bonds is 5. The molecule has 1 unspecified atom stereocenters. The Kier molecular flexibility index (Phi) is 6.38. The molecule has 0 aromatic carbocycles. The first-order valence-electron chi connectivity index (χ1n) is 5.98. The molecule has 0 bridgehead atoms. The molecule has 14 heavy (non-hydrogen) atoms. The Morgan fingerprint density at radius 1 is 1.29 bits per heavy atom. The summed E-state index contributed by atoms with van der Waals surface area (Å²) >= 11 is 0. The fraction of sp³-hybridized carbons (Fsp3) is 1.00. The molecule has 1 fully saturated rings. The highest BCUT2D eigenvalue weighted by molar-refractivity contribution is 4.99. The highest BCUT2D eigenvalue weighted by Gasteiger charge is 2.38. The van der Waals surface area contributed by atoms with Crippen molar-refractivity contribution < 1.29 is 0 Å². The van der Waals surface area contributed by atoms with Gasteiger partial charge in [0, 0.05) is 18.1 Å². The fourth-order valence-electron chi connectivity index (χ4n) is 1.54. The second kappa shape index (κ2) is 6.41. The van der Waals surface area contributed by atoms with Crippen molar-refractivity contribution in [2.24, 2.45) is 0 Å². The van der Waals surface area contributed by atoms with Gasteiger partial charge in [0.1, 0.15) is 0 Å². The van der Waals surface area contributed by atoms with Gasteiger partial charge in [-0.2, -0.15) is 0 Å². The monoisotopic (exact) mass is 200 g/mol. The molecule has 0 saturated heterocycles. The van der Waals surface area contributed by atoms with Crippen LogP contribution in [0.3, 0.4) is 0 Å². The zero-order valence-electron chi connectivity index (χ0n) is 10.9. The predicted octanol–water partition coefficient (Wildman–Crippen LogP) is 2.49. The zero-order chi connectivity index (χ0) is 11.2. The maximum Gasteiger partial charge on any atom is 0.0197 e. The maximum absolute atomic E-state index is 3.71. The molecule has 0 aromatic heterocycles. The first-order valence-corrected chi connectivity index (χ1v) is 5.98. The summed E-state index contributed by atoms with van der Waals surface area (Å²) in [5.41, 5.74) is 0.483. The van der Waals surface area contributed by atoms with Crippen molar-refractivity contribution in [2.75, 3.05) is 20.6 Å². The lowest BCUT2D eigenvalue weighted by molar-refractivity contribution is 0.309. The lowest BCUT2D eigenvalue weighted by Gasteiger charge is -2.24. The van der Waals surface area contributed by atoms with Gasteiger partial charge in [-0.25, -0.2) is 0 Å². The molecule has 0 amide bonds. The highest BCUT2D eigenvalue weighted by Crippen LogP contribution is 2.34. The number of likely N-dealkylation sites (N-methyl/N-ethyl adjacent to an activating group) is 1. The van der Waals surface area contributed by atoms with Gasteiger partial charge in [0.25, 0.3) is 0 Å². The van der Waals surface area contributed by atoms with E-state index >= 15 is 0 Å². The average Bonchev–Trinajstić information content (AvgIpc) is 2.85. The summed E-state index contributed by atoms with van der Waals surface area (Å²) in [6.07, 6.45) is 3.95. The number of nitrogens with zero attached hydrogens (tertiary/aromatic N) is 1. The van der Waals surface area contributed by atoms with Crippen molar-refractivity contribution in [3.05, 3.63) is 0 Å². The first-order chi connectivity index (χ1) is 6.56. The Labute approximate surface area is 90.1 Å². The van der Waals surface area contributed by atoms with E-state index in [1.165, 1.54) is 19.3 Å². The van der Waals surface area contributed by atoms with E-state index in [4.69, 9.17) is 0 Å². The van der Waals surface area contributed by atoms with Crippen molar-refractivity contribution in [1.82, 2.24) is 10.2 Å². The van der Waals surface area contributed by atoms with Crippen LogP contribution in [0.1, 0.15) is 47.0 Å². The number of nitrogens with one attached hydrogen (secondary N) is 1. The van der Waals surface area contributed by atoms with E-state index in [9.17, 15) is 0 Å². The van der Waals surface area contributed by atoms with Crippen molar-refractivity contribution in [3.8, 4) is 0 Å². The van der Waals surface area contributed by atoms with E-state index in [1.54, 1.807) is 0 Å². The van der Waals surface area contributed by atoms with E-state index in [0.29, 0.717) is 11.6 Å². The minimum Gasteiger partial charge on any atom is -0.308 e. The second-order valence-corrected chi connectivity index (χ2v) is 4.57. The van der Waals surface area contributed by atoms with Crippen molar-refractivity contribution in [1.29, 1.82) is 0 Å². The van der Waals surface area contributed by atoms with Crippen LogP contribution in [0.4, 0.5) is 0 Å². The fourth-order valence-corrected chi connectivity index (χ4v) is 1.54. The van der Waals surface area contributed by atoms with Crippen LogP contribution in [0.5, 0.6) is 0 Å². The van der Waals surface area contributed by atoms with Crippen LogP contribution in [-0.2, 0) is 0 Å². The molecule has 86 valence electrons. The quantitative estimate of drug-likeness (QED) is 0.733. The van der Waals surface area contributed by atoms with Crippen molar-refractivity contribution >= 4 is 0 Å². The van der Waals surface area contributed by atoms with E-state index < -0.39 is 0 Å². The molecular formula is C12H28N2. The lowest BCUT2D eigenvalue weighted by atomic mass is 10.1. The van der Waals surface area contributed by atoms with E-state index in [0.717, 1.165) is 6.54 Å². The SMILES string of the molecule is CC.CCC(CN(C)C)NC1(C)CC1. The minimum atomic E-state index is 0.483. The topological polar surface area (TPSA) is 15.3 Å². The third-order valence-corrected chi connectivity index (χ3v) is 2.63. The lowest BCUT2D eigenvalue weighted by Crippen LogP contribution is -2.43. The summed E-state index contributed by atoms with van der Waals surface area (Å²) in [6, 6.07) is 0.674. The van der Waals surface area contributed by atoms with Gasteiger partial charge in [0.05, 0.1) is 0 Å². The van der Waals surface area contributed by atoms with E-state index in [1.807, 2.05) is 13.8 Å². The molecule has 0 aliphatic heterocycles. The molecule has 1 aliphatic carbocycles. The summed E-state index contributed by atoms with van der Waals surface area (Å²) in [6.45, 7) is 9.74. The van der Waals surface area contributed by atoms with Crippen molar-refractivity contribution in [3.63, 3.8) is 0 Å². The van der Waals surface area contributed by atoms with Crippen LogP contribution in [0.25, 0.3) is 0 Å². The molecule has 0 radical (unpaired) electrons. The summed E-state index contributed by atoms with van der Waals surface area (Å²) in [4.78, 5) is 2.26. The van der Waals surface area contributed by atoms with Crippen LogP contribution in [0, 0.1) is 0 Å². The van der Waals surface area contributed by atoms with Gasteiger partial charge in [-0.15, -0.1) is 0 Å². The average molecular weight is 200 g/mol. The molecule has 1 N–H and O–H groups in total. The van der Waals surface area contributed by atoms with Gasteiger partial charge in [0.15, 0.2) is 0 Å². The summed E-state index contributed by atoms with van der Waals surface area (Å²) in [5, 5.41) is 3.71. The van der Waals surface area contributed by atoms with Crippen LogP contribution in [-0.4, -0.2) is 37.1 Å². The highest BCUT2D eigenvalue weighted by atomic mass is 15.1. The maximum atomic E-state index is 3.71. The summed E-state index contributed by atoms with van der Waals surface area (Å²) in [7, 11) is 4.28. The Hall–Kier alpha value is -0.0800. The van der Waals surface area contributed by atoms with Crippen LogP contribution >= 0.6 is 0 Å². The molecule has 1 rings (SSSR count). The number of hydrogen-bond acceptors (Lipinski definition) is 2. The molecule has 1 atom stereocenters. The molecule has 1 aliphatic rings. The van der Waals surface area contributed by atoms with Gasteiger partial charge in [-0.05, 0) is 40.3 Å². The summed E-state index contributed by atoms with van der Waals surface area (Å²) in [5.74, 6) is 0. The first kappa shape index (κ1) is 13.9. The molecule has 0 heterocycles. The Balaban J connectivity index is 0.000000791. The number of hydrogen-bond donors (Lipinski definition) is 1. The van der Waals surface area contributed by atoms with Gasteiger partial charge in [-0.3, -0.25) is 0 Å². The van der Waals surface area contributed by atoms with Gasteiger partial charge >= 0.3 is 0 Å². The smallest absolute Gasteiger partial charge is 0.0197 e. The Morgan fingerprint density at radius 3 is 2.07 bits per heavy atom. The van der Waals surface area contributed by atoms with Gasteiger partial charge in [-0.1, -0.05) is 20.8 Å². The second-order valence-electron chi connectivity index (χ2n) is 4.57. The Morgan fingerprint density at radius 2 is 1.79 bits per heavy atom.